The zero-order chi connectivity index (χ0) is 11.6. The molecule has 0 atom stereocenters. The first-order chi connectivity index (χ1) is 6.99. The predicted molar refractivity (Wildman–Crippen MR) is 50.4 cm³/mol. The van der Waals surface area contributed by atoms with E-state index in [4.69, 9.17) is 23.2 Å². The minimum absolute atomic E-state index is 0.157. The average Bonchev–Trinajstić information content (AvgIpc) is 2.16. The summed E-state index contributed by atoms with van der Waals surface area (Å²) in [5, 5.41) is 9.96. The quantitative estimate of drug-likeness (QED) is 0.474. The van der Waals surface area contributed by atoms with Crippen LogP contribution in [0.5, 0.6) is 0 Å². The molecule has 0 amide bonds. The predicted octanol–water partition coefficient (Wildman–Crippen LogP) is 3.32. The molecule has 0 saturated heterocycles. The molecule has 0 spiro atoms. The molecule has 1 aromatic rings. The third kappa shape index (κ3) is 2.32. The van der Waals surface area contributed by atoms with Gasteiger partial charge in [-0.05, 0) is 9.91 Å². The van der Waals surface area contributed by atoms with Crippen molar-refractivity contribution in [1.82, 2.24) is 4.98 Å². The van der Waals surface area contributed by atoms with Gasteiger partial charge in [0.1, 0.15) is 11.2 Å². The lowest BCUT2D eigenvalue weighted by Gasteiger charge is -2.05. The van der Waals surface area contributed by atoms with E-state index in [2.05, 4.69) is 4.98 Å². The number of alkyl halides is 3. The molecule has 0 fully saturated rings. The Bertz CT molecular complexity index is 401. The molecule has 0 radical (unpaired) electrons. The van der Waals surface area contributed by atoms with E-state index in [1.165, 1.54) is 0 Å². The first-order valence-electron chi connectivity index (χ1n) is 3.64. The molecule has 0 aliphatic heterocycles. The summed E-state index contributed by atoms with van der Waals surface area (Å²) >= 11 is 10.9. The molecule has 1 heterocycles. The van der Waals surface area contributed by atoms with Gasteiger partial charge in [-0.1, -0.05) is 11.6 Å². The van der Waals surface area contributed by atoms with Crippen molar-refractivity contribution in [2.45, 2.75) is 12.3 Å². The van der Waals surface area contributed by atoms with E-state index in [0.717, 1.165) is 0 Å². The van der Waals surface area contributed by atoms with Gasteiger partial charge in [0.05, 0.1) is 5.56 Å². The lowest BCUT2D eigenvalue weighted by Crippen LogP contribution is -2.01. The maximum absolute atomic E-state index is 12.4. The van der Waals surface area contributed by atoms with E-state index in [-0.39, 0.29) is 11.4 Å². The standard InChI is InChI=1S/C7H4Cl2F2N2O2/c8-1-3-4(6(10)11)2-12-7(5(3)9)13(14)15/h2,6H,1H2. The Hall–Kier alpha value is -1.01. The highest BCUT2D eigenvalue weighted by molar-refractivity contribution is 6.34. The monoisotopic (exact) mass is 256 g/mol. The number of nitrogens with zero attached hydrogens (tertiary/aromatic N) is 2. The minimum Gasteiger partial charge on any atom is -0.358 e. The van der Waals surface area contributed by atoms with E-state index in [1.54, 1.807) is 0 Å². The van der Waals surface area contributed by atoms with Gasteiger partial charge in [0.15, 0.2) is 0 Å². The van der Waals surface area contributed by atoms with Crippen molar-refractivity contribution in [3.05, 3.63) is 32.5 Å². The third-order valence-corrected chi connectivity index (χ3v) is 2.34. The summed E-state index contributed by atoms with van der Waals surface area (Å²) in [6.45, 7) is 0. The van der Waals surface area contributed by atoms with Crippen LogP contribution in [-0.2, 0) is 5.88 Å². The number of hydrogen-bond acceptors (Lipinski definition) is 3. The largest absolute Gasteiger partial charge is 0.382 e. The van der Waals surface area contributed by atoms with Gasteiger partial charge in [-0.3, -0.25) is 0 Å². The van der Waals surface area contributed by atoms with Crippen molar-refractivity contribution in [3.63, 3.8) is 0 Å². The molecule has 0 bridgehead atoms. The van der Waals surface area contributed by atoms with E-state index >= 15 is 0 Å². The number of aromatic nitrogens is 1. The van der Waals surface area contributed by atoms with Gasteiger partial charge in [0.25, 0.3) is 6.43 Å². The highest BCUT2D eigenvalue weighted by Crippen LogP contribution is 2.33. The fraction of sp³-hybridized carbons (Fsp3) is 0.286. The number of nitro groups is 1. The van der Waals surface area contributed by atoms with Gasteiger partial charge in [0, 0.05) is 11.4 Å². The number of halogens is 4. The highest BCUT2D eigenvalue weighted by Gasteiger charge is 2.24. The SMILES string of the molecule is O=[N+]([O-])c1ncc(C(F)F)c(CCl)c1Cl. The van der Waals surface area contributed by atoms with Crippen LogP contribution in [0, 0.1) is 10.1 Å². The molecule has 82 valence electrons. The third-order valence-electron chi connectivity index (χ3n) is 1.68. The van der Waals surface area contributed by atoms with Crippen LogP contribution in [0.3, 0.4) is 0 Å². The second-order valence-electron chi connectivity index (χ2n) is 2.52. The number of hydrogen-bond donors (Lipinski definition) is 0. The Morgan fingerprint density at radius 2 is 2.20 bits per heavy atom. The zero-order valence-corrected chi connectivity index (χ0v) is 8.60. The van der Waals surface area contributed by atoms with Crippen molar-refractivity contribution in [1.29, 1.82) is 0 Å². The molecule has 4 nitrogen and oxygen atoms in total. The van der Waals surface area contributed by atoms with E-state index in [9.17, 15) is 18.9 Å². The topological polar surface area (TPSA) is 56.0 Å². The molecule has 0 N–H and O–H groups in total. The fourth-order valence-corrected chi connectivity index (χ4v) is 1.63. The Morgan fingerprint density at radius 3 is 2.60 bits per heavy atom. The maximum atomic E-state index is 12.4. The van der Waals surface area contributed by atoms with Crippen molar-refractivity contribution >= 4 is 29.0 Å². The van der Waals surface area contributed by atoms with Crippen LogP contribution >= 0.6 is 23.2 Å². The van der Waals surface area contributed by atoms with E-state index in [1.807, 2.05) is 0 Å². The van der Waals surface area contributed by atoms with Crippen molar-refractivity contribution in [2.24, 2.45) is 0 Å². The lowest BCUT2D eigenvalue weighted by molar-refractivity contribution is -0.389. The van der Waals surface area contributed by atoms with E-state index < -0.39 is 27.8 Å². The molecule has 0 saturated carbocycles. The summed E-state index contributed by atoms with van der Waals surface area (Å²) in [6, 6.07) is 0. The van der Waals surface area contributed by atoms with Crippen LogP contribution in [-0.4, -0.2) is 9.91 Å². The van der Waals surface area contributed by atoms with Gasteiger partial charge in [-0.25, -0.2) is 8.78 Å². The van der Waals surface area contributed by atoms with Crippen molar-refractivity contribution in [3.8, 4) is 0 Å². The second-order valence-corrected chi connectivity index (χ2v) is 3.17. The second kappa shape index (κ2) is 4.67. The maximum Gasteiger partial charge on any atom is 0.382 e. The summed E-state index contributed by atoms with van der Waals surface area (Å²) in [7, 11) is 0. The highest BCUT2D eigenvalue weighted by atomic mass is 35.5. The Balaban J connectivity index is 3.39. The molecule has 0 unspecified atom stereocenters. The summed E-state index contributed by atoms with van der Waals surface area (Å²) in [5.41, 5.74) is -0.643. The summed E-state index contributed by atoms with van der Waals surface area (Å²) in [4.78, 5) is 12.8. The van der Waals surface area contributed by atoms with Crippen LogP contribution < -0.4 is 0 Å². The van der Waals surface area contributed by atoms with Crippen molar-refractivity contribution in [2.75, 3.05) is 0 Å². The summed E-state index contributed by atoms with van der Waals surface area (Å²) in [6.07, 6.45) is -2.10. The molecule has 15 heavy (non-hydrogen) atoms. The Labute approximate surface area is 93.0 Å². The van der Waals surface area contributed by atoms with Crippen LogP contribution in [0.15, 0.2) is 6.20 Å². The van der Waals surface area contributed by atoms with Gasteiger partial charge < -0.3 is 10.1 Å². The van der Waals surface area contributed by atoms with Crippen LogP contribution in [0.1, 0.15) is 17.6 Å². The normalized spacial score (nSPS) is 10.7. The molecule has 1 rings (SSSR count). The lowest BCUT2D eigenvalue weighted by atomic mass is 10.1. The fourth-order valence-electron chi connectivity index (χ4n) is 0.978. The minimum atomic E-state index is -2.82. The molecular weight excluding hydrogens is 253 g/mol. The molecule has 0 aromatic carbocycles. The zero-order valence-electron chi connectivity index (χ0n) is 7.08. The van der Waals surface area contributed by atoms with Gasteiger partial charge in [-0.15, -0.1) is 11.6 Å². The molecular formula is C7H4Cl2F2N2O2. The van der Waals surface area contributed by atoms with Gasteiger partial charge in [0.2, 0.25) is 0 Å². The van der Waals surface area contributed by atoms with Crippen molar-refractivity contribution < 1.29 is 13.7 Å². The smallest absolute Gasteiger partial charge is 0.358 e. The number of rotatable bonds is 3. The molecule has 0 aliphatic carbocycles. The van der Waals surface area contributed by atoms with Crippen LogP contribution in [0.2, 0.25) is 5.02 Å². The average molecular weight is 257 g/mol. The Kier molecular flexibility index (Phi) is 3.76. The van der Waals surface area contributed by atoms with E-state index in [0.29, 0.717) is 6.20 Å². The molecule has 1 aromatic heterocycles. The molecule has 0 aliphatic rings. The Morgan fingerprint density at radius 1 is 1.60 bits per heavy atom. The summed E-state index contributed by atoms with van der Waals surface area (Å²) in [5.74, 6) is -1.00. The first-order valence-corrected chi connectivity index (χ1v) is 4.56. The molecule has 8 heteroatoms. The van der Waals surface area contributed by atoms with Gasteiger partial charge >= 0.3 is 5.82 Å². The number of pyridine rings is 1. The van der Waals surface area contributed by atoms with Crippen LogP contribution in [0.25, 0.3) is 0 Å². The summed E-state index contributed by atoms with van der Waals surface area (Å²) < 4.78 is 24.8. The first kappa shape index (κ1) is 12.1. The van der Waals surface area contributed by atoms with Crippen LogP contribution in [0.4, 0.5) is 14.6 Å². The van der Waals surface area contributed by atoms with Gasteiger partial charge in [-0.2, -0.15) is 0 Å².